The molecule has 0 spiro atoms. The van der Waals surface area contributed by atoms with Gasteiger partial charge in [0.25, 0.3) is 0 Å². The zero-order chi connectivity index (χ0) is 12.1. The van der Waals surface area contributed by atoms with Crippen LogP contribution in [0.15, 0.2) is 60.5 Å². The molecule has 1 nitrogen and oxygen atoms in total. The highest BCUT2D eigenvalue weighted by Gasteiger charge is 2.04. The van der Waals surface area contributed by atoms with Crippen molar-refractivity contribution in [2.45, 2.75) is 13.8 Å². The van der Waals surface area contributed by atoms with E-state index in [9.17, 15) is 4.57 Å². The number of benzene rings is 1. The van der Waals surface area contributed by atoms with Crippen LogP contribution in [0, 0.1) is 6.92 Å². The maximum atomic E-state index is 12.1. The van der Waals surface area contributed by atoms with Gasteiger partial charge in [0.05, 0.1) is 0 Å². The van der Waals surface area contributed by atoms with Crippen LogP contribution in [0.4, 0.5) is 0 Å². The first-order valence-corrected chi connectivity index (χ1v) is 6.55. The Kier molecular flexibility index (Phi) is 4.52. The summed E-state index contributed by atoms with van der Waals surface area (Å²) in [5.74, 6) is 0. The second kappa shape index (κ2) is 5.67. The zero-order valence-electron chi connectivity index (χ0n) is 9.79. The summed E-state index contributed by atoms with van der Waals surface area (Å²) in [6.45, 7) is 11.5. The van der Waals surface area contributed by atoms with E-state index in [2.05, 4.69) is 13.2 Å². The van der Waals surface area contributed by atoms with Crippen LogP contribution >= 0.6 is 7.80 Å². The molecule has 16 heavy (non-hydrogen) atoms. The topological polar surface area (TPSA) is 17.1 Å². The van der Waals surface area contributed by atoms with E-state index in [4.69, 9.17) is 0 Å². The standard InChI is InChI=1S/C14H17OP/c1-11(2)5-8-13(4)16(15)14-9-6-12(3)7-10-14/h5-10,16H,1,4H2,2-3H3/b8-5-. The fourth-order valence-corrected chi connectivity index (χ4v) is 2.28. The van der Waals surface area contributed by atoms with Gasteiger partial charge in [-0.15, -0.1) is 0 Å². The highest BCUT2D eigenvalue weighted by molar-refractivity contribution is 7.58. The second-order valence-corrected chi connectivity index (χ2v) is 5.78. The Hall–Kier alpha value is -1.33. The Morgan fingerprint density at radius 3 is 2.25 bits per heavy atom. The Bertz CT molecular complexity index is 452. The van der Waals surface area contributed by atoms with Crippen LogP contribution in [0.1, 0.15) is 12.5 Å². The van der Waals surface area contributed by atoms with E-state index in [1.165, 1.54) is 5.56 Å². The van der Waals surface area contributed by atoms with Gasteiger partial charge in [-0.3, -0.25) is 0 Å². The summed E-state index contributed by atoms with van der Waals surface area (Å²) in [4.78, 5) is 0. The number of hydrogen-bond donors (Lipinski definition) is 0. The van der Waals surface area contributed by atoms with Crippen molar-refractivity contribution in [1.82, 2.24) is 0 Å². The average molecular weight is 232 g/mol. The first kappa shape index (κ1) is 12.7. The molecule has 0 aliphatic rings. The molecule has 1 unspecified atom stereocenters. The molecule has 1 rings (SSSR count). The van der Waals surface area contributed by atoms with E-state index in [0.717, 1.165) is 10.9 Å². The van der Waals surface area contributed by atoms with Crippen LogP contribution in [-0.2, 0) is 4.57 Å². The molecule has 0 radical (unpaired) electrons. The van der Waals surface area contributed by atoms with Crippen molar-refractivity contribution in [3.8, 4) is 0 Å². The summed E-state index contributed by atoms with van der Waals surface area (Å²) in [6.07, 6.45) is 3.61. The molecule has 0 amide bonds. The SMILES string of the molecule is C=C(C)/C=C\C(=C)[PH](=O)c1ccc(C)cc1. The summed E-state index contributed by atoms with van der Waals surface area (Å²) in [5.41, 5.74) is 2.10. The van der Waals surface area contributed by atoms with Crippen molar-refractivity contribution >= 4 is 13.1 Å². The van der Waals surface area contributed by atoms with Crippen LogP contribution in [0.2, 0.25) is 0 Å². The van der Waals surface area contributed by atoms with E-state index >= 15 is 0 Å². The summed E-state index contributed by atoms with van der Waals surface area (Å²) in [6, 6.07) is 7.73. The summed E-state index contributed by atoms with van der Waals surface area (Å²) >= 11 is 0. The first-order chi connectivity index (χ1) is 7.50. The van der Waals surface area contributed by atoms with Crippen molar-refractivity contribution in [1.29, 1.82) is 0 Å². The van der Waals surface area contributed by atoms with Crippen molar-refractivity contribution < 1.29 is 4.57 Å². The van der Waals surface area contributed by atoms with Gasteiger partial charge >= 0.3 is 0 Å². The summed E-state index contributed by atoms with van der Waals surface area (Å²) < 4.78 is 12.1. The highest BCUT2D eigenvalue weighted by atomic mass is 31.1. The van der Waals surface area contributed by atoms with Gasteiger partial charge in [0, 0.05) is 10.6 Å². The molecule has 84 valence electrons. The molecule has 2 heteroatoms. The molecule has 0 fully saturated rings. The van der Waals surface area contributed by atoms with Gasteiger partial charge in [-0.25, -0.2) is 0 Å². The van der Waals surface area contributed by atoms with E-state index in [1.807, 2.05) is 44.2 Å². The van der Waals surface area contributed by atoms with Gasteiger partial charge in [0.1, 0.15) is 7.80 Å². The molecule has 0 aromatic heterocycles. The third-order valence-electron chi connectivity index (χ3n) is 2.17. The number of aryl methyl sites for hydroxylation is 1. The molecule has 0 heterocycles. The van der Waals surface area contributed by atoms with E-state index in [1.54, 1.807) is 6.08 Å². The Morgan fingerprint density at radius 2 is 1.75 bits per heavy atom. The maximum Gasteiger partial charge on any atom is 0.131 e. The minimum atomic E-state index is -1.93. The van der Waals surface area contributed by atoms with Crippen LogP contribution < -0.4 is 5.30 Å². The third-order valence-corrected chi connectivity index (χ3v) is 3.78. The van der Waals surface area contributed by atoms with Crippen molar-refractivity contribution in [2.24, 2.45) is 0 Å². The van der Waals surface area contributed by atoms with E-state index in [0.29, 0.717) is 5.31 Å². The second-order valence-electron chi connectivity index (χ2n) is 3.90. The van der Waals surface area contributed by atoms with Gasteiger partial charge in [-0.2, -0.15) is 0 Å². The molecule has 1 aromatic carbocycles. The minimum absolute atomic E-state index is 0.664. The number of hydrogen-bond acceptors (Lipinski definition) is 1. The lowest BCUT2D eigenvalue weighted by Crippen LogP contribution is -1.95. The van der Waals surface area contributed by atoms with Gasteiger partial charge in [-0.05, 0) is 13.8 Å². The Morgan fingerprint density at radius 1 is 1.19 bits per heavy atom. The lowest BCUT2D eigenvalue weighted by Gasteiger charge is -2.02. The molecule has 0 saturated heterocycles. The average Bonchev–Trinajstić information content (AvgIpc) is 2.26. The molecular weight excluding hydrogens is 215 g/mol. The first-order valence-electron chi connectivity index (χ1n) is 5.14. The predicted molar refractivity (Wildman–Crippen MR) is 72.9 cm³/mol. The van der Waals surface area contributed by atoms with Crippen LogP contribution in [0.25, 0.3) is 0 Å². The fraction of sp³-hybridized carbons (Fsp3) is 0.143. The third kappa shape index (κ3) is 3.67. The zero-order valence-corrected chi connectivity index (χ0v) is 10.8. The summed E-state index contributed by atoms with van der Waals surface area (Å²) in [7, 11) is -1.93. The fourth-order valence-electron chi connectivity index (χ4n) is 1.21. The lowest BCUT2D eigenvalue weighted by molar-refractivity contribution is 0.597. The Labute approximate surface area is 98.0 Å². The maximum absolute atomic E-state index is 12.1. The normalized spacial score (nSPS) is 12.6. The molecule has 0 saturated carbocycles. The molecule has 0 aliphatic heterocycles. The van der Waals surface area contributed by atoms with Crippen molar-refractivity contribution in [2.75, 3.05) is 0 Å². The minimum Gasteiger partial charge on any atom is -0.317 e. The monoisotopic (exact) mass is 232 g/mol. The summed E-state index contributed by atoms with van der Waals surface area (Å²) in [5, 5.41) is 1.52. The van der Waals surface area contributed by atoms with Crippen LogP contribution in [0.5, 0.6) is 0 Å². The number of allylic oxidation sites excluding steroid dienone is 4. The highest BCUT2D eigenvalue weighted by Crippen LogP contribution is 2.30. The molecule has 1 atom stereocenters. The molecule has 0 aliphatic carbocycles. The Balaban J connectivity index is 2.82. The molecular formula is C14H17OP. The molecule has 1 aromatic rings. The van der Waals surface area contributed by atoms with Gasteiger partial charge in [0.15, 0.2) is 0 Å². The van der Waals surface area contributed by atoms with Crippen molar-refractivity contribution in [3.63, 3.8) is 0 Å². The molecule has 0 bridgehead atoms. The van der Waals surface area contributed by atoms with Gasteiger partial charge in [0.2, 0.25) is 0 Å². The predicted octanol–water partition coefficient (Wildman–Crippen LogP) is 3.83. The van der Waals surface area contributed by atoms with E-state index in [-0.39, 0.29) is 0 Å². The van der Waals surface area contributed by atoms with Gasteiger partial charge in [-0.1, -0.05) is 60.7 Å². The number of rotatable bonds is 4. The lowest BCUT2D eigenvalue weighted by atomic mass is 10.2. The largest absolute Gasteiger partial charge is 0.317 e. The van der Waals surface area contributed by atoms with Crippen LogP contribution in [0.3, 0.4) is 0 Å². The van der Waals surface area contributed by atoms with Crippen molar-refractivity contribution in [3.05, 3.63) is 66.0 Å². The van der Waals surface area contributed by atoms with Gasteiger partial charge < -0.3 is 4.57 Å². The molecule has 0 N–H and O–H groups in total. The van der Waals surface area contributed by atoms with E-state index < -0.39 is 7.80 Å². The quantitative estimate of drug-likeness (QED) is 0.569. The van der Waals surface area contributed by atoms with Crippen LogP contribution in [-0.4, -0.2) is 0 Å². The smallest absolute Gasteiger partial charge is 0.131 e.